The molecule has 0 amide bonds. The van der Waals surface area contributed by atoms with Crippen molar-refractivity contribution < 1.29 is 9.90 Å². The van der Waals surface area contributed by atoms with E-state index in [1.54, 1.807) is 6.20 Å². The van der Waals surface area contributed by atoms with Crippen LogP contribution < -0.4 is 5.32 Å². The highest BCUT2D eigenvalue weighted by Gasteiger charge is 2.01. The zero-order chi connectivity index (χ0) is 9.84. The number of nitrogens with one attached hydrogen (secondary N) is 1. The Morgan fingerprint density at radius 1 is 1.77 bits per heavy atom. The SMILES string of the molecule is Cc1cc(Br)cnc1NCC(=O)O. The number of hydrogen-bond acceptors (Lipinski definition) is 3. The van der Waals surface area contributed by atoms with Gasteiger partial charge < -0.3 is 10.4 Å². The van der Waals surface area contributed by atoms with Gasteiger partial charge in [0.05, 0.1) is 0 Å². The first-order valence-corrected chi connectivity index (χ1v) is 4.46. The largest absolute Gasteiger partial charge is 0.480 e. The number of rotatable bonds is 3. The van der Waals surface area contributed by atoms with E-state index in [9.17, 15) is 4.79 Å². The molecule has 0 bridgehead atoms. The number of nitrogens with zero attached hydrogens (tertiary/aromatic N) is 1. The second kappa shape index (κ2) is 4.23. The Bertz CT molecular complexity index is 328. The average Bonchev–Trinajstić information content (AvgIpc) is 2.02. The van der Waals surface area contributed by atoms with Crippen molar-refractivity contribution in [3.8, 4) is 0 Å². The number of aromatic nitrogens is 1. The quantitative estimate of drug-likeness (QED) is 0.849. The van der Waals surface area contributed by atoms with Crippen molar-refractivity contribution in [3.05, 3.63) is 22.3 Å². The lowest BCUT2D eigenvalue weighted by molar-refractivity contribution is -0.134. The van der Waals surface area contributed by atoms with Gasteiger partial charge in [0.25, 0.3) is 0 Å². The first-order chi connectivity index (χ1) is 6.09. The molecule has 70 valence electrons. The number of anilines is 1. The molecule has 0 saturated carbocycles. The minimum Gasteiger partial charge on any atom is -0.480 e. The van der Waals surface area contributed by atoms with Crippen LogP contribution in [-0.4, -0.2) is 22.6 Å². The summed E-state index contributed by atoms with van der Waals surface area (Å²) in [6, 6.07) is 1.87. The van der Waals surface area contributed by atoms with Crippen molar-refractivity contribution in [1.29, 1.82) is 0 Å². The monoisotopic (exact) mass is 244 g/mol. The molecule has 0 aliphatic heterocycles. The molecule has 0 saturated heterocycles. The van der Waals surface area contributed by atoms with Gasteiger partial charge in [0.1, 0.15) is 12.4 Å². The average molecular weight is 245 g/mol. The summed E-state index contributed by atoms with van der Waals surface area (Å²) in [7, 11) is 0. The second-order valence-electron chi connectivity index (χ2n) is 2.57. The van der Waals surface area contributed by atoms with Gasteiger partial charge in [0.15, 0.2) is 0 Å². The minimum absolute atomic E-state index is 0.116. The van der Waals surface area contributed by atoms with Crippen LogP contribution in [-0.2, 0) is 4.79 Å². The molecule has 0 spiro atoms. The van der Waals surface area contributed by atoms with Crippen molar-refractivity contribution in [2.45, 2.75) is 6.92 Å². The van der Waals surface area contributed by atoms with E-state index in [4.69, 9.17) is 5.11 Å². The van der Waals surface area contributed by atoms with Crippen molar-refractivity contribution in [2.75, 3.05) is 11.9 Å². The first kappa shape index (κ1) is 9.98. The van der Waals surface area contributed by atoms with Gasteiger partial charge in [-0.15, -0.1) is 0 Å². The van der Waals surface area contributed by atoms with Crippen LogP contribution >= 0.6 is 15.9 Å². The molecule has 1 aromatic heterocycles. The molecule has 5 heteroatoms. The predicted molar refractivity (Wildman–Crippen MR) is 52.8 cm³/mol. The van der Waals surface area contributed by atoms with Crippen LogP contribution in [0.4, 0.5) is 5.82 Å². The topological polar surface area (TPSA) is 62.2 Å². The fraction of sp³-hybridized carbons (Fsp3) is 0.250. The van der Waals surface area contributed by atoms with E-state index in [2.05, 4.69) is 26.2 Å². The van der Waals surface area contributed by atoms with Crippen LogP contribution in [0.25, 0.3) is 0 Å². The van der Waals surface area contributed by atoms with Crippen molar-refractivity contribution >= 4 is 27.7 Å². The van der Waals surface area contributed by atoms with Crippen LogP contribution in [0.1, 0.15) is 5.56 Å². The number of aryl methyl sites for hydroxylation is 1. The van der Waals surface area contributed by atoms with Crippen LogP contribution in [0.5, 0.6) is 0 Å². The second-order valence-corrected chi connectivity index (χ2v) is 3.48. The summed E-state index contributed by atoms with van der Waals surface area (Å²) < 4.78 is 0.880. The van der Waals surface area contributed by atoms with Gasteiger partial charge in [-0.3, -0.25) is 4.79 Å². The Morgan fingerprint density at radius 2 is 2.46 bits per heavy atom. The smallest absolute Gasteiger partial charge is 0.322 e. The Kier molecular flexibility index (Phi) is 3.25. The van der Waals surface area contributed by atoms with E-state index in [1.165, 1.54) is 0 Å². The van der Waals surface area contributed by atoms with Crippen LogP contribution in [0.15, 0.2) is 16.7 Å². The van der Waals surface area contributed by atoms with E-state index in [-0.39, 0.29) is 6.54 Å². The van der Waals surface area contributed by atoms with E-state index in [0.29, 0.717) is 5.82 Å². The summed E-state index contributed by atoms with van der Waals surface area (Å²) in [5.41, 5.74) is 0.913. The molecule has 1 rings (SSSR count). The van der Waals surface area contributed by atoms with Gasteiger partial charge in [-0.2, -0.15) is 0 Å². The summed E-state index contributed by atoms with van der Waals surface area (Å²) >= 11 is 3.27. The highest BCUT2D eigenvalue weighted by molar-refractivity contribution is 9.10. The number of carbonyl (C=O) groups is 1. The maximum Gasteiger partial charge on any atom is 0.322 e. The molecule has 0 radical (unpaired) electrons. The molecular formula is C8H9BrN2O2. The summed E-state index contributed by atoms with van der Waals surface area (Å²) in [6.45, 7) is 1.75. The zero-order valence-electron chi connectivity index (χ0n) is 7.04. The minimum atomic E-state index is -0.899. The standard InChI is InChI=1S/C8H9BrN2O2/c1-5-2-6(9)3-10-8(5)11-4-7(12)13/h2-3H,4H2,1H3,(H,10,11)(H,12,13). The summed E-state index contributed by atoms with van der Waals surface area (Å²) in [6.07, 6.45) is 1.62. The van der Waals surface area contributed by atoms with E-state index >= 15 is 0 Å². The van der Waals surface area contributed by atoms with E-state index in [1.807, 2.05) is 13.0 Å². The highest BCUT2D eigenvalue weighted by atomic mass is 79.9. The lowest BCUT2D eigenvalue weighted by Gasteiger charge is -2.05. The molecule has 0 aliphatic rings. The maximum atomic E-state index is 10.3. The number of aliphatic carboxylic acids is 1. The van der Waals surface area contributed by atoms with Crippen molar-refractivity contribution in [2.24, 2.45) is 0 Å². The van der Waals surface area contributed by atoms with E-state index < -0.39 is 5.97 Å². The van der Waals surface area contributed by atoms with Gasteiger partial charge in [-0.1, -0.05) is 0 Å². The Labute approximate surface area is 84.1 Å². The predicted octanol–water partition coefficient (Wildman–Crippen LogP) is 1.65. The number of hydrogen-bond donors (Lipinski definition) is 2. The Hall–Kier alpha value is -1.10. The molecular weight excluding hydrogens is 236 g/mol. The summed E-state index contributed by atoms with van der Waals surface area (Å²) in [5, 5.41) is 11.1. The lowest BCUT2D eigenvalue weighted by Crippen LogP contribution is -2.13. The fourth-order valence-corrected chi connectivity index (χ4v) is 1.33. The Morgan fingerprint density at radius 3 is 3.00 bits per heavy atom. The van der Waals surface area contributed by atoms with Gasteiger partial charge in [0, 0.05) is 10.7 Å². The normalized spacial score (nSPS) is 9.69. The third kappa shape index (κ3) is 3.02. The molecule has 4 nitrogen and oxygen atoms in total. The molecule has 2 N–H and O–H groups in total. The van der Waals surface area contributed by atoms with Gasteiger partial charge in [-0.05, 0) is 34.5 Å². The number of halogens is 1. The number of pyridine rings is 1. The van der Waals surface area contributed by atoms with E-state index in [0.717, 1.165) is 10.0 Å². The molecule has 1 aromatic rings. The molecule has 0 fully saturated rings. The lowest BCUT2D eigenvalue weighted by atomic mass is 10.3. The fourth-order valence-electron chi connectivity index (χ4n) is 0.885. The molecule has 0 unspecified atom stereocenters. The first-order valence-electron chi connectivity index (χ1n) is 3.67. The summed E-state index contributed by atoms with van der Waals surface area (Å²) in [4.78, 5) is 14.3. The van der Waals surface area contributed by atoms with Gasteiger partial charge in [0.2, 0.25) is 0 Å². The molecule has 0 aromatic carbocycles. The third-order valence-corrected chi connectivity index (χ3v) is 1.89. The molecule has 0 atom stereocenters. The molecule has 13 heavy (non-hydrogen) atoms. The van der Waals surface area contributed by atoms with Crippen molar-refractivity contribution in [1.82, 2.24) is 4.98 Å². The van der Waals surface area contributed by atoms with Crippen LogP contribution in [0.2, 0.25) is 0 Å². The number of carboxylic acids is 1. The zero-order valence-corrected chi connectivity index (χ0v) is 8.63. The Balaban J connectivity index is 2.72. The third-order valence-electron chi connectivity index (χ3n) is 1.45. The van der Waals surface area contributed by atoms with Gasteiger partial charge >= 0.3 is 5.97 Å². The van der Waals surface area contributed by atoms with Crippen molar-refractivity contribution in [3.63, 3.8) is 0 Å². The molecule has 0 aliphatic carbocycles. The number of carboxylic acid groups (broad SMARTS) is 1. The van der Waals surface area contributed by atoms with Crippen LogP contribution in [0, 0.1) is 6.92 Å². The highest BCUT2D eigenvalue weighted by Crippen LogP contribution is 2.16. The summed E-state index contributed by atoms with van der Waals surface area (Å²) in [5.74, 6) is -0.297. The van der Waals surface area contributed by atoms with Crippen LogP contribution in [0.3, 0.4) is 0 Å². The van der Waals surface area contributed by atoms with Gasteiger partial charge in [-0.25, -0.2) is 4.98 Å². The molecule has 1 heterocycles. The maximum absolute atomic E-state index is 10.3.